The van der Waals surface area contributed by atoms with E-state index >= 15 is 0 Å². The van der Waals surface area contributed by atoms with Crippen LogP contribution < -0.4 is 5.32 Å². The number of hydrogen-bond acceptors (Lipinski definition) is 3. The number of rotatable bonds is 1. The first-order chi connectivity index (χ1) is 5.27. The highest BCUT2D eigenvalue weighted by Gasteiger charge is 2.23. The van der Waals surface area contributed by atoms with Crippen LogP contribution in [0.15, 0.2) is 4.42 Å². The molecule has 1 unspecified atom stereocenters. The fourth-order valence-electron chi connectivity index (χ4n) is 1.15. The molecule has 11 heavy (non-hydrogen) atoms. The Labute approximate surface area is 65.8 Å². The zero-order valence-electron chi connectivity index (χ0n) is 6.85. The fraction of sp³-hybridized carbons (Fsp3) is 0.625. The van der Waals surface area contributed by atoms with Crippen LogP contribution in [0.4, 0.5) is 0 Å². The van der Waals surface area contributed by atoms with Crippen molar-refractivity contribution >= 4 is 0 Å². The second-order valence-electron chi connectivity index (χ2n) is 2.99. The molecule has 1 aromatic heterocycles. The minimum atomic E-state index is 0.377. The van der Waals surface area contributed by atoms with Gasteiger partial charge in [-0.15, -0.1) is 0 Å². The van der Waals surface area contributed by atoms with Crippen molar-refractivity contribution < 1.29 is 4.42 Å². The van der Waals surface area contributed by atoms with Gasteiger partial charge in [0, 0.05) is 0 Å². The van der Waals surface area contributed by atoms with Crippen molar-refractivity contribution in [3.63, 3.8) is 0 Å². The third kappa shape index (κ3) is 1.05. The third-order valence-corrected chi connectivity index (χ3v) is 2.17. The quantitative estimate of drug-likeness (QED) is 0.659. The predicted octanol–water partition coefficient (Wildman–Crippen LogP) is 1.33. The molecule has 3 heteroatoms. The maximum Gasteiger partial charge on any atom is 0.211 e. The van der Waals surface area contributed by atoms with Crippen LogP contribution in [0.25, 0.3) is 0 Å². The molecule has 1 aliphatic heterocycles. The first kappa shape index (κ1) is 6.85. The summed E-state index contributed by atoms with van der Waals surface area (Å²) >= 11 is 0. The molecule has 60 valence electrons. The molecule has 0 aromatic carbocycles. The Hall–Kier alpha value is -0.830. The molecule has 1 atom stereocenters. The number of hydrogen-bond donors (Lipinski definition) is 1. The molecule has 1 saturated heterocycles. The monoisotopic (exact) mass is 152 g/mol. The Morgan fingerprint density at radius 2 is 2.27 bits per heavy atom. The lowest BCUT2D eigenvalue weighted by Crippen LogP contribution is -2.35. The minimum Gasteiger partial charge on any atom is -0.444 e. The zero-order chi connectivity index (χ0) is 7.84. The Morgan fingerprint density at radius 3 is 2.64 bits per heavy atom. The number of nitrogens with one attached hydrogen (secondary N) is 1. The summed E-state index contributed by atoms with van der Waals surface area (Å²) in [6, 6.07) is 0.377. The number of nitrogens with zero attached hydrogens (tertiary/aromatic N) is 1. The molecular formula is C8H12N2O. The lowest BCUT2D eigenvalue weighted by molar-refractivity contribution is 0.303. The van der Waals surface area contributed by atoms with E-state index in [0.29, 0.717) is 6.04 Å². The van der Waals surface area contributed by atoms with E-state index in [-0.39, 0.29) is 0 Å². The van der Waals surface area contributed by atoms with Crippen molar-refractivity contribution in [2.24, 2.45) is 0 Å². The summed E-state index contributed by atoms with van der Waals surface area (Å²) in [6.07, 6.45) is 1.15. The van der Waals surface area contributed by atoms with Crippen molar-refractivity contribution in [3.05, 3.63) is 17.3 Å². The van der Waals surface area contributed by atoms with E-state index in [2.05, 4.69) is 10.3 Å². The molecule has 2 heterocycles. The van der Waals surface area contributed by atoms with Gasteiger partial charge >= 0.3 is 0 Å². The van der Waals surface area contributed by atoms with Crippen molar-refractivity contribution in [2.45, 2.75) is 26.3 Å². The Kier molecular flexibility index (Phi) is 1.46. The molecule has 0 saturated carbocycles. The lowest BCUT2D eigenvalue weighted by Gasteiger charge is -2.23. The summed E-state index contributed by atoms with van der Waals surface area (Å²) in [5.74, 6) is 1.79. The Balaban J connectivity index is 2.24. The van der Waals surface area contributed by atoms with Crippen LogP contribution >= 0.6 is 0 Å². The highest BCUT2D eigenvalue weighted by Crippen LogP contribution is 2.23. The summed E-state index contributed by atoms with van der Waals surface area (Å²) in [6.45, 7) is 5.01. The maximum atomic E-state index is 5.44. The second-order valence-corrected chi connectivity index (χ2v) is 2.99. The van der Waals surface area contributed by atoms with E-state index in [4.69, 9.17) is 4.42 Å². The van der Waals surface area contributed by atoms with Gasteiger partial charge in [-0.25, -0.2) is 4.98 Å². The van der Waals surface area contributed by atoms with E-state index in [1.807, 2.05) is 13.8 Å². The predicted molar refractivity (Wildman–Crippen MR) is 41.3 cm³/mol. The highest BCUT2D eigenvalue weighted by molar-refractivity contribution is 5.08. The third-order valence-electron chi connectivity index (χ3n) is 2.17. The first-order valence-electron chi connectivity index (χ1n) is 3.94. The standard InChI is InChI=1S/C8H12N2O/c1-5-6(2)11-8(10-5)7-3-4-9-7/h7,9H,3-4H2,1-2H3. The van der Waals surface area contributed by atoms with Crippen LogP contribution in [0.5, 0.6) is 0 Å². The smallest absolute Gasteiger partial charge is 0.211 e. The minimum absolute atomic E-state index is 0.377. The summed E-state index contributed by atoms with van der Waals surface area (Å²) in [5, 5.41) is 3.25. The SMILES string of the molecule is Cc1nc(C2CCN2)oc1C. The number of oxazole rings is 1. The van der Waals surface area contributed by atoms with Gasteiger partial charge in [-0.1, -0.05) is 0 Å². The van der Waals surface area contributed by atoms with Crippen LogP contribution in [0.3, 0.4) is 0 Å². The normalized spacial score (nSPS) is 23.3. The van der Waals surface area contributed by atoms with Crippen LogP contribution in [-0.2, 0) is 0 Å². The molecule has 0 aliphatic carbocycles. The van der Waals surface area contributed by atoms with E-state index in [0.717, 1.165) is 30.3 Å². The van der Waals surface area contributed by atoms with Gasteiger partial charge < -0.3 is 9.73 Å². The van der Waals surface area contributed by atoms with E-state index in [1.54, 1.807) is 0 Å². The van der Waals surface area contributed by atoms with Gasteiger partial charge in [0.2, 0.25) is 5.89 Å². The molecule has 2 rings (SSSR count). The Morgan fingerprint density at radius 1 is 1.55 bits per heavy atom. The van der Waals surface area contributed by atoms with Crippen LogP contribution in [0, 0.1) is 13.8 Å². The van der Waals surface area contributed by atoms with Gasteiger partial charge in [-0.2, -0.15) is 0 Å². The molecule has 0 radical (unpaired) electrons. The average Bonchev–Trinajstić information content (AvgIpc) is 2.08. The molecule has 0 amide bonds. The summed E-state index contributed by atoms with van der Waals surface area (Å²) in [5.41, 5.74) is 1.01. The van der Waals surface area contributed by atoms with Gasteiger partial charge in [0.05, 0.1) is 11.7 Å². The van der Waals surface area contributed by atoms with Gasteiger partial charge in [0.15, 0.2) is 0 Å². The van der Waals surface area contributed by atoms with E-state index in [9.17, 15) is 0 Å². The number of aromatic nitrogens is 1. The number of aryl methyl sites for hydroxylation is 2. The summed E-state index contributed by atoms with van der Waals surface area (Å²) in [7, 11) is 0. The van der Waals surface area contributed by atoms with E-state index in [1.165, 1.54) is 0 Å². The van der Waals surface area contributed by atoms with Crippen LogP contribution in [0.2, 0.25) is 0 Å². The van der Waals surface area contributed by atoms with Crippen LogP contribution in [-0.4, -0.2) is 11.5 Å². The fourth-order valence-corrected chi connectivity index (χ4v) is 1.15. The van der Waals surface area contributed by atoms with Gasteiger partial charge in [0.1, 0.15) is 5.76 Å². The molecule has 1 aromatic rings. The lowest BCUT2D eigenvalue weighted by atomic mass is 10.1. The van der Waals surface area contributed by atoms with Crippen molar-refractivity contribution in [1.29, 1.82) is 0 Å². The highest BCUT2D eigenvalue weighted by atomic mass is 16.4. The second kappa shape index (κ2) is 2.34. The Bertz CT molecular complexity index is 244. The molecule has 1 N–H and O–H groups in total. The maximum absolute atomic E-state index is 5.44. The molecule has 1 aliphatic rings. The van der Waals surface area contributed by atoms with Gasteiger partial charge in [0.25, 0.3) is 0 Å². The molecule has 0 spiro atoms. The average molecular weight is 152 g/mol. The van der Waals surface area contributed by atoms with Gasteiger partial charge in [-0.05, 0) is 26.8 Å². The van der Waals surface area contributed by atoms with Crippen molar-refractivity contribution in [3.8, 4) is 0 Å². The van der Waals surface area contributed by atoms with Crippen molar-refractivity contribution in [2.75, 3.05) is 6.54 Å². The molecular weight excluding hydrogens is 140 g/mol. The van der Waals surface area contributed by atoms with Crippen LogP contribution in [0.1, 0.15) is 29.8 Å². The summed E-state index contributed by atoms with van der Waals surface area (Å²) < 4.78 is 5.44. The topological polar surface area (TPSA) is 38.1 Å². The van der Waals surface area contributed by atoms with E-state index < -0.39 is 0 Å². The summed E-state index contributed by atoms with van der Waals surface area (Å²) in [4.78, 5) is 4.30. The molecule has 3 nitrogen and oxygen atoms in total. The van der Waals surface area contributed by atoms with Gasteiger partial charge in [-0.3, -0.25) is 0 Å². The molecule has 0 bridgehead atoms. The van der Waals surface area contributed by atoms with Crippen molar-refractivity contribution in [1.82, 2.24) is 10.3 Å². The first-order valence-corrected chi connectivity index (χ1v) is 3.94. The zero-order valence-corrected chi connectivity index (χ0v) is 6.85. The largest absolute Gasteiger partial charge is 0.444 e. The molecule has 1 fully saturated rings.